The largest absolute Gasteiger partial charge is 0.306 e. The van der Waals surface area contributed by atoms with Gasteiger partial charge in [0, 0.05) is 29.5 Å². The Labute approximate surface area is 110 Å². The Morgan fingerprint density at radius 1 is 1.24 bits per heavy atom. The Morgan fingerprint density at radius 3 is 2.71 bits per heavy atom. The number of nitrogens with zero attached hydrogens (tertiary/aromatic N) is 1. The smallest absolute Gasteiger partial charge is 0.0295 e. The van der Waals surface area contributed by atoms with Crippen molar-refractivity contribution in [2.45, 2.75) is 19.5 Å². The first-order valence-corrected chi connectivity index (χ1v) is 6.43. The number of hydrogen-bond donors (Lipinski definition) is 1. The Hall–Kier alpha value is -1.19. The molecular weight excluding hydrogens is 276 g/mol. The van der Waals surface area contributed by atoms with Gasteiger partial charge in [-0.15, -0.1) is 0 Å². The molecule has 0 aliphatic carbocycles. The number of aromatic nitrogens is 1. The number of hydrogen-bond acceptors (Lipinski definition) is 2. The van der Waals surface area contributed by atoms with Crippen LogP contribution in [0.2, 0.25) is 0 Å². The van der Waals surface area contributed by atoms with Crippen molar-refractivity contribution in [3.8, 4) is 0 Å². The Kier molecular flexibility index (Phi) is 4.29. The second-order valence-corrected chi connectivity index (χ2v) is 4.93. The molecule has 1 aromatic carbocycles. The number of nitrogens with one attached hydrogen (secondary N) is 1. The zero-order chi connectivity index (χ0) is 12.1. The summed E-state index contributed by atoms with van der Waals surface area (Å²) in [7, 11) is 0. The summed E-state index contributed by atoms with van der Waals surface area (Å²) >= 11 is 3.49. The topological polar surface area (TPSA) is 24.9 Å². The normalized spacial score (nSPS) is 12.4. The lowest BCUT2D eigenvalue weighted by Gasteiger charge is -2.14. The molecule has 17 heavy (non-hydrogen) atoms. The third-order valence-electron chi connectivity index (χ3n) is 2.71. The lowest BCUT2D eigenvalue weighted by atomic mass is 10.1. The van der Waals surface area contributed by atoms with Gasteiger partial charge in [0.05, 0.1) is 0 Å². The maximum atomic E-state index is 4.01. The fourth-order valence-corrected chi connectivity index (χ4v) is 2.08. The molecule has 0 bridgehead atoms. The van der Waals surface area contributed by atoms with Crippen LogP contribution >= 0.6 is 15.9 Å². The van der Waals surface area contributed by atoms with Crippen LogP contribution in [0.1, 0.15) is 24.1 Å². The molecule has 2 rings (SSSR count). The van der Waals surface area contributed by atoms with Gasteiger partial charge in [0.25, 0.3) is 0 Å². The fraction of sp³-hybridized carbons (Fsp3) is 0.214. The molecule has 0 aliphatic rings. The van der Waals surface area contributed by atoms with Crippen LogP contribution in [-0.4, -0.2) is 4.98 Å². The monoisotopic (exact) mass is 290 g/mol. The lowest BCUT2D eigenvalue weighted by molar-refractivity contribution is 0.574. The van der Waals surface area contributed by atoms with Gasteiger partial charge < -0.3 is 5.32 Å². The van der Waals surface area contributed by atoms with Crippen LogP contribution in [0.25, 0.3) is 0 Å². The van der Waals surface area contributed by atoms with E-state index in [1.807, 2.05) is 30.6 Å². The van der Waals surface area contributed by atoms with Gasteiger partial charge in [-0.05, 0) is 42.3 Å². The second-order valence-electron chi connectivity index (χ2n) is 4.01. The number of benzene rings is 1. The highest BCUT2D eigenvalue weighted by Gasteiger charge is 2.04. The third kappa shape index (κ3) is 3.65. The molecule has 0 radical (unpaired) electrons. The molecule has 1 aromatic heterocycles. The summed E-state index contributed by atoms with van der Waals surface area (Å²) in [5.41, 5.74) is 2.54. The average molecular weight is 291 g/mol. The van der Waals surface area contributed by atoms with Crippen molar-refractivity contribution in [3.63, 3.8) is 0 Å². The highest BCUT2D eigenvalue weighted by atomic mass is 79.9. The van der Waals surface area contributed by atoms with Gasteiger partial charge in [0.2, 0.25) is 0 Å². The molecule has 1 heterocycles. The number of pyridine rings is 1. The van der Waals surface area contributed by atoms with E-state index in [1.54, 1.807) is 0 Å². The van der Waals surface area contributed by atoms with Gasteiger partial charge in [-0.25, -0.2) is 0 Å². The van der Waals surface area contributed by atoms with Crippen molar-refractivity contribution in [2.75, 3.05) is 0 Å². The minimum absolute atomic E-state index is 0.334. The van der Waals surface area contributed by atoms with Crippen molar-refractivity contribution >= 4 is 15.9 Å². The van der Waals surface area contributed by atoms with Gasteiger partial charge in [-0.3, -0.25) is 4.98 Å². The van der Waals surface area contributed by atoms with Crippen molar-refractivity contribution in [1.29, 1.82) is 0 Å². The van der Waals surface area contributed by atoms with Crippen molar-refractivity contribution < 1.29 is 0 Å². The van der Waals surface area contributed by atoms with E-state index in [1.165, 1.54) is 11.1 Å². The number of halogens is 1. The summed E-state index contributed by atoms with van der Waals surface area (Å²) in [5.74, 6) is 0. The van der Waals surface area contributed by atoms with E-state index in [4.69, 9.17) is 0 Å². The molecule has 88 valence electrons. The van der Waals surface area contributed by atoms with Gasteiger partial charge in [-0.2, -0.15) is 0 Å². The highest BCUT2D eigenvalue weighted by Crippen LogP contribution is 2.18. The molecule has 0 saturated carbocycles. The lowest BCUT2D eigenvalue weighted by Crippen LogP contribution is -2.17. The van der Waals surface area contributed by atoms with Crippen LogP contribution < -0.4 is 5.32 Å². The Balaban J connectivity index is 1.96. The summed E-state index contributed by atoms with van der Waals surface area (Å²) in [6, 6.07) is 12.8. The summed E-state index contributed by atoms with van der Waals surface area (Å²) in [4.78, 5) is 4.01. The van der Waals surface area contributed by atoms with E-state index < -0.39 is 0 Å². The minimum Gasteiger partial charge on any atom is -0.306 e. The first-order chi connectivity index (χ1) is 8.25. The summed E-state index contributed by atoms with van der Waals surface area (Å²) in [6.45, 7) is 3.03. The van der Waals surface area contributed by atoms with Crippen LogP contribution in [-0.2, 0) is 6.54 Å². The van der Waals surface area contributed by atoms with Crippen molar-refractivity contribution in [2.24, 2.45) is 0 Å². The first kappa shape index (κ1) is 12.3. The standard InChI is InChI=1S/C14H15BrN2/c1-11(13-3-2-4-14(15)9-13)17-10-12-5-7-16-8-6-12/h2-9,11,17H,10H2,1H3/t11-/m0/s1. The maximum Gasteiger partial charge on any atom is 0.0295 e. The maximum absolute atomic E-state index is 4.01. The molecule has 0 fully saturated rings. The predicted molar refractivity (Wildman–Crippen MR) is 73.6 cm³/mol. The van der Waals surface area contributed by atoms with Crippen LogP contribution in [0.5, 0.6) is 0 Å². The number of rotatable bonds is 4. The van der Waals surface area contributed by atoms with Gasteiger partial charge in [-0.1, -0.05) is 28.1 Å². The molecule has 2 nitrogen and oxygen atoms in total. The first-order valence-electron chi connectivity index (χ1n) is 5.63. The Morgan fingerprint density at radius 2 is 2.00 bits per heavy atom. The van der Waals surface area contributed by atoms with Crippen LogP contribution in [0, 0.1) is 0 Å². The van der Waals surface area contributed by atoms with Crippen molar-refractivity contribution in [1.82, 2.24) is 10.3 Å². The zero-order valence-corrected chi connectivity index (χ0v) is 11.3. The van der Waals surface area contributed by atoms with Crippen LogP contribution in [0.15, 0.2) is 53.3 Å². The van der Waals surface area contributed by atoms with Crippen LogP contribution in [0.3, 0.4) is 0 Å². The quantitative estimate of drug-likeness (QED) is 0.929. The van der Waals surface area contributed by atoms with Crippen LogP contribution in [0.4, 0.5) is 0 Å². The van der Waals surface area contributed by atoms with E-state index in [0.717, 1.165) is 11.0 Å². The molecule has 0 saturated heterocycles. The van der Waals surface area contributed by atoms with E-state index in [-0.39, 0.29) is 0 Å². The molecule has 3 heteroatoms. The third-order valence-corrected chi connectivity index (χ3v) is 3.20. The van der Waals surface area contributed by atoms with E-state index in [9.17, 15) is 0 Å². The highest BCUT2D eigenvalue weighted by molar-refractivity contribution is 9.10. The molecule has 0 unspecified atom stereocenters. The molecular formula is C14H15BrN2. The summed E-state index contributed by atoms with van der Waals surface area (Å²) < 4.78 is 1.12. The zero-order valence-electron chi connectivity index (χ0n) is 9.73. The second kappa shape index (κ2) is 5.94. The van der Waals surface area contributed by atoms with E-state index in [2.05, 4.69) is 51.4 Å². The predicted octanol–water partition coefficient (Wildman–Crippen LogP) is 3.69. The molecule has 2 aromatic rings. The molecule has 1 atom stereocenters. The SMILES string of the molecule is C[C@H](NCc1ccncc1)c1cccc(Br)c1. The molecule has 0 amide bonds. The van der Waals surface area contributed by atoms with Gasteiger partial charge in [0.1, 0.15) is 0 Å². The van der Waals surface area contributed by atoms with Gasteiger partial charge >= 0.3 is 0 Å². The Bertz CT molecular complexity index is 471. The van der Waals surface area contributed by atoms with Crippen molar-refractivity contribution in [3.05, 3.63) is 64.4 Å². The van der Waals surface area contributed by atoms with E-state index >= 15 is 0 Å². The molecule has 1 N–H and O–H groups in total. The van der Waals surface area contributed by atoms with E-state index in [0.29, 0.717) is 6.04 Å². The molecule has 0 aliphatic heterocycles. The van der Waals surface area contributed by atoms with Gasteiger partial charge in [0.15, 0.2) is 0 Å². The molecule has 0 spiro atoms. The fourth-order valence-electron chi connectivity index (χ4n) is 1.67. The summed E-state index contributed by atoms with van der Waals surface area (Å²) in [6.07, 6.45) is 3.64. The minimum atomic E-state index is 0.334. The summed E-state index contributed by atoms with van der Waals surface area (Å²) in [5, 5.41) is 3.49. The average Bonchev–Trinajstić information content (AvgIpc) is 2.37.